The summed E-state index contributed by atoms with van der Waals surface area (Å²) in [4.78, 5) is 12.3. The molecule has 4 heteroatoms. The third-order valence-corrected chi connectivity index (χ3v) is 5.12. The number of amides is 1. The lowest BCUT2D eigenvalue weighted by atomic mass is 9.64. The number of benzene rings is 2. The van der Waals surface area contributed by atoms with Gasteiger partial charge < -0.3 is 15.4 Å². The molecule has 132 valence electrons. The Hall–Kier alpha value is -2.49. The second-order valence-electron chi connectivity index (χ2n) is 6.83. The molecular weight excluding hydrogens is 312 g/mol. The largest absolute Gasteiger partial charge is 0.495 e. The van der Waals surface area contributed by atoms with E-state index in [4.69, 9.17) is 4.74 Å². The zero-order valence-corrected chi connectivity index (χ0v) is 15.0. The molecule has 0 bridgehead atoms. The molecule has 0 radical (unpaired) electrons. The van der Waals surface area contributed by atoms with Gasteiger partial charge in [0.05, 0.1) is 19.3 Å². The predicted molar refractivity (Wildman–Crippen MR) is 101 cm³/mol. The molecule has 1 aliphatic rings. The van der Waals surface area contributed by atoms with Crippen LogP contribution in [0.15, 0.2) is 48.5 Å². The summed E-state index contributed by atoms with van der Waals surface area (Å²) in [6, 6.07) is 16.4. The van der Waals surface area contributed by atoms with Gasteiger partial charge in [0, 0.05) is 12.0 Å². The highest BCUT2D eigenvalue weighted by Gasteiger charge is 2.38. The fourth-order valence-electron chi connectivity index (χ4n) is 3.43. The molecule has 1 aliphatic carbocycles. The SMILES string of the molecule is COc1ccc(C)cc1NCC(=O)NCC1(c2ccccc2)CCC1. The second-order valence-corrected chi connectivity index (χ2v) is 6.83. The molecule has 0 aromatic heterocycles. The van der Waals surface area contributed by atoms with Crippen molar-refractivity contribution in [2.45, 2.75) is 31.6 Å². The molecule has 3 rings (SSSR count). The highest BCUT2D eigenvalue weighted by molar-refractivity contribution is 5.81. The van der Waals surface area contributed by atoms with E-state index in [0.717, 1.165) is 29.8 Å². The number of hydrogen-bond donors (Lipinski definition) is 2. The second kappa shape index (κ2) is 7.60. The van der Waals surface area contributed by atoms with Crippen LogP contribution in [0, 0.1) is 6.92 Å². The molecule has 2 N–H and O–H groups in total. The van der Waals surface area contributed by atoms with Gasteiger partial charge in [-0.2, -0.15) is 0 Å². The number of hydrogen-bond acceptors (Lipinski definition) is 3. The molecule has 4 nitrogen and oxygen atoms in total. The van der Waals surface area contributed by atoms with Crippen molar-refractivity contribution >= 4 is 11.6 Å². The third kappa shape index (κ3) is 3.95. The van der Waals surface area contributed by atoms with Crippen molar-refractivity contribution in [1.29, 1.82) is 0 Å². The number of ether oxygens (including phenoxy) is 1. The number of rotatable bonds is 7. The minimum Gasteiger partial charge on any atom is -0.495 e. The monoisotopic (exact) mass is 338 g/mol. The highest BCUT2D eigenvalue weighted by atomic mass is 16.5. The lowest BCUT2D eigenvalue weighted by molar-refractivity contribution is -0.119. The predicted octanol–water partition coefficient (Wildman–Crippen LogP) is 3.65. The first-order chi connectivity index (χ1) is 12.1. The van der Waals surface area contributed by atoms with Crippen LogP contribution >= 0.6 is 0 Å². The Bertz CT molecular complexity index is 724. The first kappa shape index (κ1) is 17.3. The minimum atomic E-state index is 0.00534. The van der Waals surface area contributed by atoms with Gasteiger partial charge in [0.15, 0.2) is 0 Å². The Morgan fingerprint density at radius 3 is 2.56 bits per heavy atom. The van der Waals surface area contributed by atoms with Crippen LogP contribution in [0.5, 0.6) is 5.75 Å². The van der Waals surface area contributed by atoms with Crippen LogP contribution in [0.3, 0.4) is 0 Å². The normalized spacial score (nSPS) is 15.1. The number of carbonyl (C=O) groups is 1. The van der Waals surface area contributed by atoms with Crippen molar-refractivity contribution in [3.63, 3.8) is 0 Å². The van der Waals surface area contributed by atoms with E-state index >= 15 is 0 Å². The van der Waals surface area contributed by atoms with E-state index in [1.165, 1.54) is 12.0 Å². The van der Waals surface area contributed by atoms with Crippen LogP contribution < -0.4 is 15.4 Å². The third-order valence-electron chi connectivity index (χ3n) is 5.12. The Kier molecular flexibility index (Phi) is 5.27. The van der Waals surface area contributed by atoms with Crippen molar-refractivity contribution in [2.24, 2.45) is 0 Å². The van der Waals surface area contributed by atoms with E-state index in [0.29, 0.717) is 6.54 Å². The van der Waals surface area contributed by atoms with E-state index in [9.17, 15) is 4.79 Å². The van der Waals surface area contributed by atoms with Gasteiger partial charge in [0.2, 0.25) is 5.91 Å². The number of methoxy groups -OCH3 is 1. The maximum absolute atomic E-state index is 12.3. The van der Waals surface area contributed by atoms with E-state index in [1.54, 1.807) is 7.11 Å². The van der Waals surface area contributed by atoms with Gasteiger partial charge in [-0.15, -0.1) is 0 Å². The van der Waals surface area contributed by atoms with Crippen molar-refractivity contribution in [3.05, 3.63) is 59.7 Å². The summed E-state index contributed by atoms with van der Waals surface area (Å²) in [6.45, 7) is 2.96. The number of carbonyl (C=O) groups excluding carboxylic acids is 1. The molecule has 1 saturated carbocycles. The molecule has 0 aliphatic heterocycles. The van der Waals surface area contributed by atoms with Gasteiger partial charge in [-0.25, -0.2) is 0 Å². The Morgan fingerprint density at radius 2 is 1.92 bits per heavy atom. The molecule has 1 fully saturated rings. The van der Waals surface area contributed by atoms with E-state index in [-0.39, 0.29) is 17.9 Å². The molecule has 0 unspecified atom stereocenters. The Balaban J connectivity index is 1.56. The zero-order chi connectivity index (χ0) is 17.7. The Labute approximate surface area is 149 Å². The van der Waals surface area contributed by atoms with Crippen LogP contribution in [0.1, 0.15) is 30.4 Å². The standard InChI is InChI=1S/C21H26N2O2/c1-16-9-10-19(25-2)18(13-16)22-14-20(24)23-15-21(11-6-12-21)17-7-4-3-5-8-17/h3-5,7-10,13,22H,6,11-12,14-15H2,1-2H3,(H,23,24). The maximum atomic E-state index is 12.3. The lowest BCUT2D eigenvalue weighted by Gasteiger charge is -2.42. The van der Waals surface area contributed by atoms with Gasteiger partial charge in [0.25, 0.3) is 0 Å². The smallest absolute Gasteiger partial charge is 0.239 e. The fourth-order valence-corrected chi connectivity index (χ4v) is 3.43. The minimum absolute atomic E-state index is 0.00534. The van der Waals surface area contributed by atoms with E-state index in [1.807, 2.05) is 31.2 Å². The van der Waals surface area contributed by atoms with Crippen LogP contribution in [0.25, 0.3) is 0 Å². The summed E-state index contributed by atoms with van der Waals surface area (Å²) in [5.74, 6) is 0.754. The number of nitrogens with one attached hydrogen (secondary N) is 2. The molecule has 0 saturated heterocycles. The highest BCUT2D eigenvalue weighted by Crippen LogP contribution is 2.43. The van der Waals surface area contributed by atoms with Crippen molar-refractivity contribution in [2.75, 3.05) is 25.5 Å². The van der Waals surface area contributed by atoms with E-state index in [2.05, 4.69) is 34.9 Å². The average Bonchev–Trinajstić information content (AvgIpc) is 2.60. The van der Waals surface area contributed by atoms with E-state index < -0.39 is 0 Å². The van der Waals surface area contributed by atoms with Crippen LogP contribution in [-0.2, 0) is 10.2 Å². The summed E-state index contributed by atoms with van der Waals surface area (Å²) in [5.41, 5.74) is 3.41. The van der Waals surface area contributed by atoms with Crippen molar-refractivity contribution < 1.29 is 9.53 Å². The van der Waals surface area contributed by atoms with Crippen LogP contribution in [-0.4, -0.2) is 26.1 Å². The molecule has 0 heterocycles. The quantitative estimate of drug-likeness (QED) is 0.810. The summed E-state index contributed by atoms with van der Waals surface area (Å²) in [5, 5.41) is 6.28. The maximum Gasteiger partial charge on any atom is 0.239 e. The summed E-state index contributed by atoms with van der Waals surface area (Å²) in [6.07, 6.45) is 3.50. The lowest BCUT2D eigenvalue weighted by Crippen LogP contribution is -2.46. The van der Waals surface area contributed by atoms with Gasteiger partial charge in [-0.1, -0.05) is 42.8 Å². The molecular formula is C21H26N2O2. The molecule has 0 atom stereocenters. The topological polar surface area (TPSA) is 50.4 Å². The summed E-state index contributed by atoms with van der Waals surface area (Å²) >= 11 is 0. The molecule has 2 aromatic rings. The average molecular weight is 338 g/mol. The first-order valence-electron chi connectivity index (χ1n) is 8.84. The van der Waals surface area contributed by atoms with Crippen LogP contribution in [0.2, 0.25) is 0 Å². The van der Waals surface area contributed by atoms with Crippen molar-refractivity contribution in [3.8, 4) is 5.75 Å². The van der Waals surface area contributed by atoms with Gasteiger partial charge in [0.1, 0.15) is 5.75 Å². The fraction of sp³-hybridized carbons (Fsp3) is 0.381. The summed E-state index contributed by atoms with van der Waals surface area (Å²) < 4.78 is 5.34. The van der Waals surface area contributed by atoms with Crippen LogP contribution in [0.4, 0.5) is 5.69 Å². The molecule has 2 aromatic carbocycles. The summed E-state index contributed by atoms with van der Waals surface area (Å²) in [7, 11) is 1.64. The molecule has 0 spiro atoms. The van der Waals surface area contributed by atoms with Gasteiger partial charge >= 0.3 is 0 Å². The molecule has 25 heavy (non-hydrogen) atoms. The van der Waals surface area contributed by atoms with Gasteiger partial charge in [-0.3, -0.25) is 4.79 Å². The first-order valence-corrected chi connectivity index (χ1v) is 8.84. The Morgan fingerprint density at radius 1 is 1.16 bits per heavy atom. The van der Waals surface area contributed by atoms with Crippen molar-refractivity contribution in [1.82, 2.24) is 5.32 Å². The number of aryl methyl sites for hydroxylation is 1. The number of anilines is 1. The molecule has 1 amide bonds. The van der Waals surface area contributed by atoms with Gasteiger partial charge in [-0.05, 0) is 43.0 Å². The zero-order valence-electron chi connectivity index (χ0n) is 15.0.